The normalized spacial score (nSPS) is 24.0. The Bertz CT molecular complexity index is 984. The summed E-state index contributed by atoms with van der Waals surface area (Å²) in [5, 5.41) is 0. The maximum Gasteiger partial charge on any atom is 0.410 e. The molecule has 166 valence electrons. The van der Waals surface area contributed by atoms with E-state index in [0.717, 1.165) is 18.4 Å². The number of carbonyl (C=O) groups excluding carboxylic acids is 1. The summed E-state index contributed by atoms with van der Waals surface area (Å²) in [5.74, 6) is 0.446. The van der Waals surface area contributed by atoms with Crippen LogP contribution in [0.15, 0.2) is 65.6 Å². The molecule has 2 aromatic rings. The first-order chi connectivity index (χ1) is 14.9. The minimum atomic E-state index is -3.63. The Morgan fingerprint density at radius 3 is 2.29 bits per heavy atom. The molecule has 0 radical (unpaired) electrons. The summed E-state index contributed by atoms with van der Waals surface area (Å²) in [6, 6.07) is 17.9. The van der Waals surface area contributed by atoms with Crippen LogP contribution >= 0.6 is 0 Å². The van der Waals surface area contributed by atoms with Gasteiger partial charge in [-0.15, -0.1) is 0 Å². The van der Waals surface area contributed by atoms with Crippen molar-refractivity contribution in [3.63, 3.8) is 0 Å². The minimum absolute atomic E-state index is 0.198. The van der Waals surface area contributed by atoms with Crippen LogP contribution in [-0.2, 0) is 21.4 Å². The Morgan fingerprint density at radius 1 is 1.00 bits per heavy atom. The largest absolute Gasteiger partial charge is 0.445 e. The molecule has 3 atom stereocenters. The number of hydrogen-bond donors (Lipinski definition) is 1. The van der Waals surface area contributed by atoms with Crippen LogP contribution in [0.4, 0.5) is 4.79 Å². The van der Waals surface area contributed by atoms with E-state index in [2.05, 4.69) is 0 Å². The van der Waals surface area contributed by atoms with Gasteiger partial charge in [0.05, 0.1) is 4.90 Å². The number of ether oxygens (including phenoxy) is 1. The lowest BCUT2D eigenvalue weighted by atomic mass is 10.1. The maximum absolute atomic E-state index is 13.3. The highest BCUT2D eigenvalue weighted by molar-refractivity contribution is 7.89. The molecule has 1 aliphatic carbocycles. The number of nitrogens with zero attached hydrogens (tertiary/aromatic N) is 2. The Labute approximate surface area is 183 Å². The molecule has 3 unspecified atom stereocenters. The molecule has 0 aromatic heterocycles. The monoisotopic (exact) mass is 443 g/mol. The summed E-state index contributed by atoms with van der Waals surface area (Å²) in [4.78, 5) is 14.6. The molecular weight excluding hydrogens is 414 g/mol. The first-order valence-electron chi connectivity index (χ1n) is 10.7. The van der Waals surface area contributed by atoms with E-state index in [-0.39, 0.29) is 30.1 Å². The number of carbonyl (C=O) groups is 1. The van der Waals surface area contributed by atoms with Gasteiger partial charge in [0, 0.05) is 31.7 Å². The van der Waals surface area contributed by atoms with Crippen molar-refractivity contribution in [2.75, 3.05) is 19.6 Å². The molecule has 2 N–H and O–H groups in total. The van der Waals surface area contributed by atoms with Crippen molar-refractivity contribution in [3.8, 4) is 0 Å². The van der Waals surface area contributed by atoms with Crippen molar-refractivity contribution in [3.05, 3.63) is 66.2 Å². The topological polar surface area (TPSA) is 92.9 Å². The average molecular weight is 444 g/mol. The van der Waals surface area contributed by atoms with Crippen LogP contribution in [0, 0.1) is 5.92 Å². The molecule has 4 rings (SSSR count). The molecule has 0 bridgehead atoms. The van der Waals surface area contributed by atoms with Gasteiger partial charge < -0.3 is 15.4 Å². The quantitative estimate of drug-likeness (QED) is 0.710. The molecule has 1 amide bonds. The van der Waals surface area contributed by atoms with Crippen LogP contribution in [0.25, 0.3) is 0 Å². The zero-order valence-corrected chi connectivity index (χ0v) is 18.3. The van der Waals surface area contributed by atoms with Gasteiger partial charge in [0.15, 0.2) is 0 Å². The number of sulfonamides is 1. The molecular formula is C23H29N3O4S. The van der Waals surface area contributed by atoms with Gasteiger partial charge in [-0.1, -0.05) is 48.5 Å². The summed E-state index contributed by atoms with van der Waals surface area (Å²) in [7, 11) is -3.63. The molecule has 8 heteroatoms. The SMILES string of the molecule is NC1CC1CCC1CN(C(=O)OCc2ccccc2)CCN1S(=O)(=O)c1ccccc1. The van der Waals surface area contributed by atoms with Gasteiger partial charge in [-0.3, -0.25) is 0 Å². The zero-order chi connectivity index (χ0) is 21.8. The highest BCUT2D eigenvalue weighted by Crippen LogP contribution is 2.34. The summed E-state index contributed by atoms with van der Waals surface area (Å²) < 4.78 is 33.6. The van der Waals surface area contributed by atoms with Crippen LogP contribution in [0.1, 0.15) is 24.8 Å². The second-order valence-electron chi connectivity index (χ2n) is 8.31. The third kappa shape index (κ3) is 5.26. The summed E-state index contributed by atoms with van der Waals surface area (Å²) in [5.41, 5.74) is 6.86. The third-order valence-corrected chi connectivity index (χ3v) is 8.06. The van der Waals surface area contributed by atoms with E-state index in [1.165, 1.54) is 0 Å². The van der Waals surface area contributed by atoms with E-state index in [0.29, 0.717) is 25.4 Å². The van der Waals surface area contributed by atoms with E-state index in [1.54, 1.807) is 39.5 Å². The first-order valence-corrected chi connectivity index (χ1v) is 12.2. The molecule has 0 spiro atoms. The van der Waals surface area contributed by atoms with Crippen molar-refractivity contribution in [1.82, 2.24) is 9.21 Å². The van der Waals surface area contributed by atoms with Gasteiger partial charge in [-0.25, -0.2) is 13.2 Å². The van der Waals surface area contributed by atoms with Crippen molar-refractivity contribution >= 4 is 16.1 Å². The zero-order valence-electron chi connectivity index (χ0n) is 17.5. The number of amides is 1. The number of nitrogens with two attached hydrogens (primary N) is 1. The fourth-order valence-corrected chi connectivity index (χ4v) is 5.76. The summed E-state index contributed by atoms with van der Waals surface area (Å²) in [6.45, 7) is 1.07. The Morgan fingerprint density at radius 2 is 1.65 bits per heavy atom. The molecule has 2 aromatic carbocycles. The van der Waals surface area contributed by atoms with Gasteiger partial charge >= 0.3 is 6.09 Å². The van der Waals surface area contributed by atoms with Crippen LogP contribution in [0.3, 0.4) is 0 Å². The first kappa shape index (κ1) is 21.8. The lowest BCUT2D eigenvalue weighted by molar-refractivity contribution is 0.0682. The smallest absolute Gasteiger partial charge is 0.410 e. The van der Waals surface area contributed by atoms with Crippen molar-refractivity contribution < 1.29 is 17.9 Å². The van der Waals surface area contributed by atoms with Gasteiger partial charge in [0.1, 0.15) is 6.61 Å². The van der Waals surface area contributed by atoms with E-state index in [1.807, 2.05) is 30.3 Å². The Kier molecular flexibility index (Phi) is 6.60. The van der Waals surface area contributed by atoms with Crippen molar-refractivity contribution in [1.29, 1.82) is 0 Å². The predicted molar refractivity (Wildman–Crippen MR) is 118 cm³/mol. The van der Waals surface area contributed by atoms with Gasteiger partial charge in [-0.05, 0) is 42.9 Å². The van der Waals surface area contributed by atoms with Gasteiger partial charge in [-0.2, -0.15) is 4.31 Å². The molecule has 2 fully saturated rings. The Hall–Kier alpha value is -2.42. The molecule has 31 heavy (non-hydrogen) atoms. The average Bonchev–Trinajstić information content (AvgIpc) is 3.52. The summed E-state index contributed by atoms with van der Waals surface area (Å²) in [6.07, 6.45) is 2.11. The molecule has 7 nitrogen and oxygen atoms in total. The fraction of sp³-hybridized carbons (Fsp3) is 0.435. The van der Waals surface area contributed by atoms with Crippen LogP contribution in [0.5, 0.6) is 0 Å². The van der Waals surface area contributed by atoms with E-state index < -0.39 is 16.1 Å². The van der Waals surface area contributed by atoms with Crippen LogP contribution < -0.4 is 5.73 Å². The second-order valence-corrected chi connectivity index (χ2v) is 10.2. The van der Waals surface area contributed by atoms with Crippen LogP contribution in [-0.4, -0.2) is 55.4 Å². The minimum Gasteiger partial charge on any atom is -0.445 e. The van der Waals surface area contributed by atoms with Crippen molar-refractivity contribution in [2.24, 2.45) is 11.7 Å². The highest BCUT2D eigenvalue weighted by Gasteiger charge is 2.40. The number of hydrogen-bond acceptors (Lipinski definition) is 5. The van der Waals surface area contributed by atoms with Crippen LogP contribution in [0.2, 0.25) is 0 Å². The van der Waals surface area contributed by atoms with E-state index in [4.69, 9.17) is 10.5 Å². The number of rotatable bonds is 7. The van der Waals surface area contributed by atoms with Gasteiger partial charge in [0.2, 0.25) is 10.0 Å². The Balaban J connectivity index is 1.44. The molecule has 1 saturated carbocycles. The van der Waals surface area contributed by atoms with E-state index in [9.17, 15) is 13.2 Å². The maximum atomic E-state index is 13.3. The highest BCUT2D eigenvalue weighted by atomic mass is 32.2. The number of piperazine rings is 1. The predicted octanol–water partition coefficient (Wildman–Crippen LogP) is 2.83. The standard InChI is InChI=1S/C23H29N3O4S/c24-22-15-19(22)11-12-20-16-25(23(27)30-17-18-7-3-1-4-8-18)13-14-26(20)31(28,29)21-9-5-2-6-10-21/h1-10,19-20,22H,11-17,24H2. The van der Waals surface area contributed by atoms with E-state index >= 15 is 0 Å². The van der Waals surface area contributed by atoms with Gasteiger partial charge in [0.25, 0.3) is 0 Å². The summed E-state index contributed by atoms with van der Waals surface area (Å²) >= 11 is 0. The molecule has 1 saturated heterocycles. The molecule has 1 heterocycles. The third-order valence-electron chi connectivity index (χ3n) is 6.09. The number of benzene rings is 2. The molecule has 2 aliphatic rings. The molecule has 1 aliphatic heterocycles. The fourth-order valence-electron chi connectivity index (χ4n) is 4.10. The lowest BCUT2D eigenvalue weighted by Crippen LogP contribution is -2.56. The van der Waals surface area contributed by atoms with Crippen molar-refractivity contribution in [2.45, 2.75) is 42.8 Å². The second kappa shape index (κ2) is 9.38. The lowest BCUT2D eigenvalue weighted by Gasteiger charge is -2.40.